The Morgan fingerprint density at radius 1 is 1.39 bits per heavy atom. The van der Waals surface area contributed by atoms with Crippen LogP contribution in [0.5, 0.6) is 5.75 Å². The number of aromatic nitrogens is 1. The van der Waals surface area contributed by atoms with Gasteiger partial charge in [-0.15, -0.1) is 0 Å². The molecule has 0 saturated heterocycles. The number of phenolic OH excluding ortho intramolecular Hbond substituents is 1. The minimum Gasteiger partial charge on any atom is -0.507 e. The lowest BCUT2D eigenvalue weighted by Crippen LogP contribution is -2.36. The number of nitrogens with zero attached hydrogens (tertiary/aromatic N) is 2. The molecule has 0 unspecified atom stereocenters. The number of phenols is 1. The molecular formula is C17H17N3O3. The van der Waals surface area contributed by atoms with Gasteiger partial charge in [0.05, 0.1) is 12.1 Å². The quantitative estimate of drug-likeness (QED) is 0.853. The van der Waals surface area contributed by atoms with Crippen LogP contribution in [0.2, 0.25) is 0 Å². The molecule has 6 nitrogen and oxygen atoms in total. The van der Waals surface area contributed by atoms with Gasteiger partial charge in [-0.05, 0) is 30.2 Å². The van der Waals surface area contributed by atoms with Crippen LogP contribution in [-0.2, 0) is 13.0 Å². The Hall–Kier alpha value is -2.89. The van der Waals surface area contributed by atoms with Crippen molar-refractivity contribution < 1.29 is 14.7 Å². The zero-order valence-corrected chi connectivity index (χ0v) is 13.0. The molecule has 0 bridgehead atoms. The van der Waals surface area contributed by atoms with Gasteiger partial charge in [-0.25, -0.2) is 9.78 Å². The number of pyridine rings is 1. The number of ketones is 1. The van der Waals surface area contributed by atoms with E-state index >= 15 is 0 Å². The molecular weight excluding hydrogens is 294 g/mol. The van der Waals surface area contributed by atoms with Gasteiger partial charge in [0.25, 0.3) is 0 Å². The number of aromatic hydroxyl groups is 1. The zero-order chi connectivity index (χ0) is 16.6. The van der Waals surface area contributed by atoms with E-state index in [9.17, 15) is 14.7 Å². The zero-order valence-electron chi connectivity index (χ0n) is 13.0. The fourth-order valence-electron chi connectivity index (χ4n) is 2.53. The van der Waals surface area contributed by atoms with Gasteiger partial charge in [-0.3, -0.25) is 10.1 Å². The number of amides is 2. The molecule has 3 rings (SSSR count). The molecule has 0 atom stereocenters. The van der Waals surface area contributed by atoms with Crippen LogP contribution in [0.3, 0.4) is 0 Å². The van der Waals surface area contributed by atoms with E-state index < -0.39 is 0 Å². The topological polar surface area (TPSA) is 82.5 Å². The third kappa shape index (κ3) is 2.75. The molecule has 0 saturated carbocycles. The van der Waals surface area contributed by atoms with E-state index in [0.29, 0.717) is 17.9 Å². The van der Waals surface area contributed by atoms with E-state index in [1.165, 1.54) is 17.2 Å². The van der Waals surface area contributed by atoms with Crippen molar-refractivity contribution in [1.82, 2.24) is 9.88 Å². The average molecular weight is 311 g/mol. The molecule has 1 aromatic carbocycles. The Bertz CT molecular complexity index is 802. The number of aryl methyl sites for hydroxylation is 1. The maximum atomic E-state index is 12.7. The Labute approximate surface area is 133 Å². The molecule has 23 heavy (non-hydrogen) atoms. The number of carbonyl (C=O) groups is 2. The van der Waals surface area contributed by atoms with Gasteiger partial charge in [0.15, 0.2) is 5.78 Å². The summed E-state index contributed by atoms with van der Waals surface area (Å²) in [7, 11) is 1.67. The van der Waals surface area contributed by atoms with Crippen molar-refractivity contribution in [3.05, 3.63) is 52.7 Å². The summed E-state index contributed by atoms with van der Waals surface area (Å²) in [6, 6.07) is 6.51. The largest absolute Gasteiger partial charge is 0.507 e. The van der Waals surface area contributed by atoms with Gasteiger partial charge in [0.2, 0.25) is 0 Å². The third-order valence-corrected chi connectivity index (χ3v) is 3.92. The lowest BCUT2D eigenvalue weighted by Gasteiger charge is -2.25. The van der Waals surface area contributed by atoms with Crippen LogP contribution in [-0.4, -0.2) is 33.9 Å². The fourth-order valence-corrected chi connectivity index (χ4v) is 2.53. The first-order valence-corrected chi connectivity index (χ1v) is 7.37. The third-order valence-electron chi connectivity index (χ3n) is 3.92. The minimum absolute atomic E-state index is 0.0460. The highest BCUT2D eigenvalue weighted by atomic mass is 16.3. The maximum absolute atomic E-state index is 12.7. The van der Waals surface area contributed by atoms with Crippen molar-refractivity contribution in [3.63, 3.8) is 0 Å². The second-order valence-corrected chi connectivity index (χ2v) is 5.55. The van der Waals surface area contributed by atoms with Crippen molar-refractivity contribution in [2.75, 3.05) is 12.4 Å². The van der Waals surface area contributed by atoms with Crippen LogP contribution in [0, 0.1) is 0 Å². The number of hydrogen-bond acceptors (Lipinski definition) is 4. The molecule has 118 valence electrons. The van der Waals surface area contributed by atoms with Gasteiger partial charge in [0, 0.05) is 24.4 Å². The van der Waals surface area contributed by atoms with E-state index in [-0.39, 0.29) is 23.1 Å². The van der Waals surface area contributed by atoms with Crippen LogP contribution < -0.4 is 5.32 Å². The number of fused-ring (bicyclic) bond motifs is 1. The lowest BCUT2D eigenvalue weighted by atomic mass is 9.99. The summed E-state index contributed by atoms with van der Waals surface area (Å²) < 4.78 is 0. The highest BCUT2D eigenvalue weighted by molar-refractivity contribution is 6.11. The van der Waals surface area contributed by atoms with Gasteiger partial charge < -0.3 is 10.0 Å². The SMILES string of the molecule is CCc1ccc(O)c(C(=O)c2cnc3c(c2)CN(C)C(=O)N3)c1. The minimum atomic E-state index is -0.285. The number of rotatable bonds is 3. The Morgan fingerprint density at radius 2 is 2.17 bits per heavy atom. The van der Waals surface area contributed by atoms with Gasteiger partial charge in [-0.1, -0.05) is 13.0 Å². The normalized spacial score (nSPS) is 13.5. The molecule has 1 aromatic heterocycles. The molecule has 1 aliphatic rings. The molecule has 2 aromatic rings. The second-order valence-electron chi connectivity index (χ2n) is 5.55. The predicted octanol–water partition coefficient (Wildman–Crippen LogP) is 2.56. The molecule has 2 N–H and O–H groups in total. The van der Waals surface area contributed by atoms with Crippen molar-refractivity contribution in [3.8, 4) is 5.75 Å². The fraction of sp³-hybridized carbons (Fsp3) is 0.235. The number of anilines is 1. The Morgan fingerprint density at radius 3 is 2.91 bits per heavy atom. The first-order valence-electron chi connectivity index (χ1n) is 7.37. The standard InChI is InChI=1S/C17H17N3O3/c1-3-10-4-5-14(21)13(6-10)15(22)11-7-12-9-20(2)17(23)19-16(12)18-8-11/h4-8,21H,3,9H2,1-2H3,(H,18,19,23). The molecule has 0 spiro atoms. The molecule has 2 amide bonds. The van der Waals surface area contributed by atoms with E-state index in [1.54, 1.807) is 25.2 Å². The van der Waals surface area contributed by atoms with Crippen molar-refractivity contribution in [2.45, 2.75) is 19.9 Å². The number of hydrogen-bond donors (Lipinski definition) is 2. The summed E-state index contributed by atoms with van der Waals surface area (Å²) in [5.41, 5.74) is 2.39. The van der Waals surface area contributed by atoms with E-state index in [0.717, 1.165) is 17.5 Å². The summed E-state index contributed by atoms with van der Waals surface area (Å²) >= 11 is 0. The van der Waals surface area contributed by atoms with Crippen LogP contribution >= 0.6 is 0 Å². The molecule has 6 heteroatoms. The Kier molecular flexibility index (Phi) is 3.73. The number of urea groups is 1. The van der Waals surface area contributed by atoms with Crippen LogP contribution in [0.15, 0.2) is 30.5 Å². The molecule has 0 radical (unpaired) electrons. The van der Waals surface area contributed by atoms with Crippen LogP contribution in [0.1, 0.15) is 34.0 Å². The molecule has 2 heterocycles. The van der Waals surface area contributed by atoms with Gasteiger partial charge in [-0.2, -0.15) is 0 Å². The first-order chi connectivity index (χ1) is 11.0. The number of benzene rings is 1. The predicted molar refractivity (Wildman–Crippen MR) is 85.6 cm³/mol. The van der Waals surface area contributed by atoms with E-state index in [2.05, 4.69) is 10.3 Å². The first kappa shape index (κ1) is 15.0. The lowest BCUT2D eigenvalue weighted by molar-refractivity contribution is 0.103. The highest BCUT2D eigenvalue weighted by Gasteiger charge is 2.22. The van der Waals surface area contributed by atoms with Gasteiger partial charge >= 0.3 is 6.03 Å². The van der Waals surface area contributed by atoms with Crippen LogP contribution in [0.25, 0.3) is 0 Å². The smallest absolute Gasteiger partial charge is 0.323 e. The maximum Gasteiger partial charge on any atom is 0.323 e. The van der Waals surface area contributed by atoms with Crippen molar-refractivity contribution in [1.29, 1.82) is 0 Å². The van der Waals surface area contributed by atoms with E-state index in [1.807, 2.05) is 6.92 Å². The molecule has 0 aliphatic carbocycles. The number of nitrogens with one attached hydrogen (secondary N) is 1. The summed E-state index contributed by atoms with van der Waals surface area (Å²) in [6.07, 6.45) is 2.20. The summed E-state index contributed by atoms with van der Waals surface area (Å²) in [4.78, 5) is 29.9. The summed E-state index contributed by atoms with van der Waals surface area (Å²) in [5, 5.41) is 12.6. The summed E-state index contributed by atoms with van der Waals surface area (Å²) in [5.74, 6) is 0.138. The van der Waals surface area contributed by atoms with Gasteiger partial charge in [0.1, 0.15) is 11.6 Å². The summed E-state index contributed by atoms with van der Waals surface area (Å²) in [6.45, 7) is 2.37. The number of carbonyl (C=O) groups excluding carboxylic acids is 2. The second kappa shape index (κ2) is 5.72. The van der Waals surface area contributed by atoms with Crippen molar-refractivity contribution in [2.24, 2.45) is 0 Å². The molecule has 0 fully saturated rings. The monoisotopic (exact) mass is 311 g/mol. The van der Waals surface area contributed by atoms with Crippen molar-refractivity contribution >= 4 is 17.6 Å². The molecule has 1 aliphatic heterocycles. The average Bonchev–Trinajstić information content (AvgIpc) is 2.55. The highest BCUT2D eigenvalue weighted by Crippen LogP contribution is 2.25. The Balaban J connectivity index is 1.98. The van der Waals surface area contributed by atoms with Crippen LogP contribution in [0.4, 0.5) is 10.6 Å². The van der Waals surface area contributed by atoms with E-state index in [4.69, 9.17) is 0 Å².